The molecule has 0 spiro atoms. The lowest BCUT2D eigenvalue weighted by Gasteiger charge is -2.07. The molecule has 0 aliphatic carbocycles. The predicted molar refractivity (Wildman–Crippen MR) is 70.1 cm³/mol. The number of fused-ring (bicyclic) bond motifs is 1. The molecule has 0 amide bonds. The standard InChI is InChI=1S/C13H10BrNO3/c14-10-2-4-13(16)15(7-10)6-9-1-3-11-12(5-9)18-8-17-11/h1-5,7H,6,8H2. The van der Waals surface area contributed by atoms with Crippen molar-refractivity contribution in [2.45, 2.75) is 6.54 Å². The molecule has 0 saturated heterocycles. The van der Waals surface area contributed by atoms with Crippen molar-refractivity contribution in [3.63, 3.8) is 0 Å². The van der Waals surface area contributed by atoms with E-state index in [1.165, 1.54) is 6.07 Å². The van der Waals surface area contributed by atoms with Gasteiger partial charge in [-0.15, -0.1) is 0 Å². The van der Waals surface area contributed by atoms with Crippen LogP contribution in [0.3, 0.4) is 0 Å². The Labute approximate surface area is 112 Å². The van der Waals surface area contributed by atoms with E-state index in [9.17, 15) is 4.79 Å². The fourth-order valence-electron chi connectivity index (χ4n) is 1.86. The first kappa shape index (κ1) is 11.3. The highest BCUT2D eigenvalue weighted by Crippen LogP contribution is 2.32. The minimum atomic E-state index is -0.0316. The second kappa shape index (κ2) is 4.49. The third-order valence-electron chi connectivity index (χ3n) is 2.74. The summed E-state index contributed by atoms with van der Waals surface area (Å²) in [5.41, 5.74) is 0.968. The van der Waals surface area contributed by atoms with Gasteiger partial charge < -0.3 is 14.0 Å². The van der Waals surface area contributed by atoms with Gasteiger partial charge in [0.1, 0.15) is 0 Å². The minimum Gasteiger partial charge on any atom is -0.454 e. The van der Waals surface area contributed by atoms with Gasteiger partial charge in [-0.2, -0.15) is 0 Å². The molecule has 2 aromatic rings. The van der Waals surface area contributed by atoms with Crippen LogP contribution in [0, 0.1) is 0 Å². The molecule has 18 heavy (non-hydrogen) atoms. The topological polar surface area (TPSA) is 40.5 Å². The quantitative estimate of drug-likeness (QED) is 0.855. The molecule has 2 heterocycles. The summed E-state index contributed by atoms with van der Waals surface area (Å²) >= 11 is 3.35. The van der Waals surface area contributed by atoms with E-state index in [4.69, 9.17) is 9.47 Å². The van der Waals surface area contributed by atoms with E-state index in [1.807, 2.05) is 18.2 Å². The minimum absolute atomic E-state index is 0.0316. The first-order valence-corrected chi connectivity index (χ1v) is 6.26. The molecular formula is C13H10BrNO3. The fourth-order valence-corrected chi connectivity index (χ4v) is 2.24. The largest absolute Gasteiger partial charge is 0.454 e. The van der Waals surface area contributed by atoms with Crippen LogP contribution in [0.4, 0.5) is 0 Å². The van der Waals surface area contributed by atoms with Crippen LogP contribution >= 0.6 is 15.9 Å². The molecular weight excluding hydrogens is 298 g/mol. The van der Waals surface area contributed by atoms with Gasteiger partial charge in [0.25, 0.3) is 5.56 Å². The number of rotatable bonds is 2. The van der Waals surface area contributed by atoms with Crippen molar-refractivity contribution in [1.82, 2.24) is 4.57 Å². The number of hydrogen-bond donors (Lipinski definition) is 0. The summed E-state index contributed by atoms with van der Waals surface area (Å²) in [5, 5.41) is 0. The summed E-state index contributed by atoms with van der Waals surface area (Å²) in [6.45, 7) is 0.768. The molecule has 1 aromatic heterocycles. The maximum Gasteiger partial charge on any atom is 0.250 e. The van der Waals surface area contributed by atoms with E-state index in [0.717, 1.165) is 21.5 Å². The number of pyridine rings is 1. The zero-order valence-electron chi connectivity index (χ0n) is 9.43. The number of halogens is 1. The van der Waals surface area contributed by atoms with Crippen molar-refractivity contribution in [2.75, 3.05) is 6.79 Å². The van der Waals surface area contributed by atoms with Crippen LogP contribution in [0.5, 0.6) is 11.5 Å². The van der Waals surface area contributed by atoms with Gasteiger partial charge in [-0.3, -0.25) is 4.79 Å². The highest BCUT2D eigenvalue weighted by molar-refractivity contribution is 9.10. The summed E-state index contributed by atoms with van der Waals surface area (Å²) in [4.78, 5) is 11.7. The van der Waals surface area contributed by atoms with Gasteiger partial charge >= 0.3 is 0 Å². The zero-order valence-corrected chi connectivity index (χ0v) is 11.0. The van der Waals surface area contributed by atoms with E-state index in [1.54, 1.807) is 16.8 Å². The van der Waals surface area contributed by atoms with Crippen molar-refractivity contribution in [1.29, 1.82) is 0 Å². The highest BCUT2D eigenvalue weighted by atomic mass is 79.9. The van der Waals surface area contributed by atoms with Gasteiger partial charge in [0.2, 0.25) is 6.79 Å². The molecule has 0 fully saturated rings. The Hall–Kier alpha value is -1.75. The monoisotopic (exact) mass is 307 g/mol. The second-order valence-electron chi connectivity index (χ2n) is 4.00. The Morgan fingerprint density at radius 2 is 2.00 bits per heavy atom. The Kier molecular flexibility index (Phi) is 2.83. The van der Waals surface area contributed by atoms with Crippen LogP contribution in [0.25, 0.3) is 0 Å². The average Bonchev–Trinajstić information content (AvgIpc) is 2.81. The molecule has 0 atom stereocenters. The Morgan fingerprint density at radius 1 is 1.17 bits per heavy atom. The normalized spacial score (nSPS) is 12.7. The van der Waals surface area contributed by atoms with E-state index in [-0.39, 0.29) is 12.4 Å². The number of nitrogens with zero attached hydrogens (tertiary/aromatic N) is 1. The molecule has 1 aromatic carbocycles. The Morgan fingerprint density at radius 3 is 2.89 bits per heavy atom. The molecule has 0 radical (unpaired) electrons. The van der Waals surface area contributed by atoms with Crippen LogP contribution in [0.1, 0.15) is 5.56 Å². The first-order valence-electron chi connectivity index (χ1n) is 5.47. The van der Waals surface area contributed by atoms with E-state index in [2.05, 4.69) is 15.9 Å². The molecule has 0 unspecified atom stereocenters. The summed E-state index contributed by atoms with van der Waals surface area (Å²) in [6, 6.07) is 8.97. The van der Waals surface area contributed by atoms with Crippen LogP contribution in [0.2, 0.25) is 0 Å². The molecule has 0 saturated carbocycles. The van der Waals surface area contributed by atoms with E-state index < -0.39 is 0 Å². The summed E-state index contributed by atoms with van der Waals surface area (Å²) in [5.74, 6) is 1.48. The lowest BCUT2D eigenvalue weighted by Crippen LogP contribution is -2.18. The van der Waals surface area contributed by atoms with Crippen molar-refractivity contribution < 1.29 is 9.47 Å². The molecule has 1 aliphatic heterocycles. The lowest BCUT2D eigenvalue weighted by atomic mass is 10.2. The van der Waals surface area contributed by atoms with Crippen LogP contribution in [0.15, 0.2) is 45.8 Å². The van der Waals surface area contributed by atoms with Crippen LogP contribution in [-0.4, -0.2) is 11.4 Å². The third kappa shape index (κ3) is 2.13. The lowest BCUT2D eigenvalue weighted by molar-refractivity contribution is 0.174. The molecule has 1 aliphatic rings. The number of ether oxygens (including phenoxy) is 2. The Balaban J connectivity index is 1.93. The highest BCUT2D eigenvalue weighted by Gasteiger charge is 2.13. The molecule has 3 rings (SSSR count). The number of hydrogen-bond acceptors (Lipinski definition) is 3. The fraction of sp³-hybridized carbons (Fsp3) is 0.154. The maximum absolute atomic E-state index is 11.7. The van der Waals surface area contributed by atoms with Gasteiger partial charge in [0.15, 0.2) is 11.5 Å². The summed E-state index contributed by atoms with van der Waals surface area (Å²) < 4.78 is 13.1. The molecule has 92 valence electrons. The van der Waals surface area contributed by atoms with E-state index in [0.29, 0.717) is 6.54 Å². The van der Waals surface area contributed by atoms with Crippen LogP contribution < -0.4 is 15.0 Å². The second-order valence-corrected chi connectivity index (χ2v) is 4.92. The van der Waals surface area contributed by atoms with Crippen LogP contribution in [-0.2, 0) is 6.54 Å². The molecule has 0 N–H and O–H groups in total. The average molecular weight is 308 g/mol. The van der Waals surface area contributed by atoms with Gasteiger partial charge in [-0.05, 0) is 39.7 Å². The van der Waals surface area contributed by atoms with Crippen molar-refractivity contribution >= 4 is 15.9 Å². The Bertz CT molecular complexity index is 651. The first-order chi connectivity index (χ1) is 8.72. The zero-order chi connectivity index (χ0) is 12.5. The summed E-state index contributed by atoms with van der Waals surface area (Å²) in [6.07, 6.45) is 1.77. The van der Waals surface area contributed by atoms with Gasteiger partial charge in [0, 0.05) is 16.7 Å². The SMILES string of the molecule is O=c1ccc(Br)cn1Cc1ccc2c(c1)OCO2. The van der Waals surface area contributed by atoms with Gasteiger partial charge in [0.05, 0.1) is 6.54 Å². The summed E-state index contributed by atoms with van der Waals surface area (Å²) in [7, 11) is 0. The molecule has 5 heteroatoms. The predicted octanol–water partition coefficient (Wildman–Crippen LogP) is 2.39. The number of aromatic nitrogens is 1. The number of benzene rings is 1. The van der Waals surface area contributed by atoms with Crippen molar-refractivity contribution in [2.24, 2.45) is 0 Å². The van der Waals surface area contributed by atoms with E-state index >= 15 is 0 Å². The molecule has 0 bridgehead atoms. The van der Waals surface area contributed by atoms with Gasteiger partial charge in [-0.25, -0.2) is 0 Å². The maximum atomic E-state index is 11.7. The molecule has 4 nitrogen and oxygen atoms in total. The van der Waals surface area contributed by atoms with Gasteiger partial charge in [-0.1, -0.05) is 6.07 Å². The smallest absolute Gasteiger partial charge is 0.250 e. The van der Waals surface area contributed by atoms with Crippen molar-refractivity contribution in [3.8, 4) is 11.5 Å². The van der Waals surface area contributed by atoms with Crippen molar-refractivity contribution in [3.05, 3.63) is 56.9 Å². The third-order valence-corrected chi connectivity index (χ3v) is 3.21.